The topological polar surface area (TPSA) is 62.2 Å². The van der Waals surface area contributed by atoms with Gasteiger partial charge in [-0.25, -0.2) is 9.78 Å². The molecule has 0 radical (unpaired) electrons. The van der Waals surface area contributed by atoms with Gasteiger partial charge in [0.2, 0.25) is 5.01 Å². The lowest BCUT2D eigenvalue weighted by Gasteiger charge is -2.34. The molecule has 1 saturated carbocycles. The molecule has 1 aromatic rings. The number of carboxylic acid groups (broad SMARTS) is 1. The molecule has 2 N–H and O–H groups in total. The van der Waals surface area contributed by atoms with Crippen LogP contribution < -0.4 is 5.32 Å². The Bertz CT molecular complexity index is 418. The third kappa shape index (κ3) is 3.53. The summed E-state index contributed by atoms with van der Waals surface area (Å²) in [7, 11) is 0. The molecule has 0 aromatic carbocycles. The third-order valence-electron chi connectivity index (χ3n) is 3.65. The van der Waals surface area contributed by atoms with Gasteiger partial charge in [0, 0.05) is 18.0 Å². The first kappa shape index (κ1) is 13.5. The van der Waals surface area contributed by atoms with Gasteiger partial charge < -0.3 is 10.4 Å². The van der Waals surface area contributed by atoms with Crippen molar-refractivity contribution in [3.05, 3.63) is 16.1 Å². The summed E-state index contributed by atoms with van der Waals surface area (Å²) in [6.45, 7) is 5.32. The molecule has 1 fully saturated rings. The Labute approximate surface area is 111 Å². The molecule has 2 rings (SSSR count). The van der Waals surface area contributed by atoms with E-state index in [1.165, 1.54) is 37.0 Å². The van der Waals surface area contributed by atoms with E-state index in [1.807, 2.05) is 5.38 Å². The first-order valence-electron chi connectivity index (χ1n) is 6.37. The zero-order chi connectivity index (χ0) is 13.2. The van der Waals surface area contributed by atoms with E-state index in [1.54, 1.807) is 0 Å². The molecule has 0 spiro atoms. The maximum absolute atomic E-state index is 10.7. The van der Waals surface area contributed by atoms with Crippen LogP contribution >= 0.6 is 11.3 Å². The van der Waals surface area contributed by atoms with Gasteiger partial charge in [0.15, 0.2) is 0 Å². The number of carbonyl (C=O) groups is 1. The van der Waals surface area contributed by atoms with E-state index in [0.717, 1.165) is 5.69 Å². The summed E-state index contributed by atoms with van der Waals surface area (Å²) in [6, 6.07) is 0.549. The van der Waals surface area contributed by atoms with Crippen LogP contribution in [0.3, 0.4) is 0 Å². The van der Waals surface area contributed by atoms with Crippen LogP contribution in [0.4, 0.5) is 0 Å². The fourth-order valence-electron chi connectivity index (χ4n) is 2.34. The molecule has 1 aliphatic rings. The number of aromatic carboxylic acids is 1. The van der Waals surface area contributed by atoms with Gasteiger partial charge in [0.25, 0.3) is 0 Å². The van der Waals surface area contributed by atoms with Crippen molar-refractivity contribution >= 4 is 17.3 Å². The number of rotatable bonds is 4. The quantitative estimate of drug-likeness (QED) is 0.881. The van der Waals surface area contributed by atoms with Crippen molar-refractivity contribution in [3.8, 4) is 0 Å². The van der Waals surface area contributed by atoms with Crippen molar-refractivity contribution < 1.29 is 9.90 Å². The van der Waals surface area contributed by atoms with Crippen LogP contribution in [-0.2, 0) is 6.54 Å². The molecule has 0 amide bonds. The Morgan fingerprint density at radius 2 is 2.22 bits per heavy atom. The summed E-state index contributed by atoms with van der Waals surface area (Å²) < 4.78 is 0. The van der Waals surface area contributed by atoms with Crippen molar-refractivity contribution in [2.24, 2.45) is 5.41 Å². The zero-order valence-corrected chi connectivity index (χ0v) is 11.7. The molecule has 0 saturated heterocycles. The Morgan fingerprint density at radius 1 is 1.56 bits per heavy atom. The number of thiazole rings is 1. The monoisotopic (exact) mass is 268 g/mol. The minimum atomic E-state index is -0.939. The Balaban J connectivity index is 1.79. The highest BCUT2D eigenvalue weighted by Crippen LogP contribution is 2.35. The number of nitrogens with one attached hydrogen (secondary N) is 1. The molecule has 0 atom stereocenters. The van der Waals surface area contributed by atoms with E-state index in [-0.39, 0.29) is 5.01 Å². The second kappa shape index (κ2) is 5.36. The van der Waals surface area contributed by atoms with Crippen LogP contribution in [0.15, 0.2) is 5.38 Å². The van der Waals surface area contributed by atoms with Gasteiger partial charge in [-0.3, -0.25) is 0 Å². The molecule has 0 aliphatic heterocycles. The number of hydrogen-bond acceptors (Lipinski definition) is 4. The van der Waals surface area contributed by atoms with Gasteiger partial charge in [-0.1, -0.05) is 13.8 Å². The van der Waals surface area contributed by atoms with Crippen LogP contribution in [0.5, 0.6) is 0 Å². The molecule has 18 heavy (non-hydrogen) atoms. The first-order valence-corrected chi connectivity index (χ1v) is 7.25. The lowest BCUT2D eigenvalue weighted by atomic mass is 9.75. The molecule has 1 aliphatic carbocycles. The maximum atomic E-state index is 10.7. The number of aromatic nitrogens is 1. The van der Waals surface area contributed by atoms with E-state index in [0.29, 0.717) is 18.0 Å². The summed E-state index contributed by atoms with van der Waals surface area (Å²) in [5.74, 6) is -0.939. The SMILES string of the molecule is CC1(C)CCC(NCc2csc(C(=O)O)n2)CC1. The average Bonchev–Trinajstić information content (AvgIpc) is 2.76. The van der Waals surface area contributed by atoms with Crippen molar-refractivity contribution in [1.29, 1.82) is 0 Å². The van der Waals surface area contributed by atoms with Gasteiger partial charge >= 0.3 is 5.97 Å². The summed E-state index contributed by atoms with van der Waals surface area (Å²) in [6.07, 6.45) is 4.90. The van der Waals surface area contributed by atoms with Gasteiger partial charge in [-0.15, -0.1) is 11.3 Å². The summed E-state index contributed by atoms with van der Waals surface area (Å²) in [4.78, 5) is 14.8. The highest BCUT2D eigenvalue weighted by atomic mass is 32.1. The van der Waals surface area contributed by atoms with E-state index in [2.05, 4.69) is 24.1 Å². The smallest absolute Gasteiger partial charge is 0.365 e. The second-order valence-electron chi connectivity index (χ2n) is 5.77. The molecule has 0 bridgehead atoms. The second-order valence-corrected chi connectivity index (χ2v) is 6.63. The van der Waals surface area contributed by atoms with Gasteiger partial charge in [0.1, 0.15) is 0 Å². The lowest BCUT2D eigenvalue weighted by molar-refractivity contribution is 0.0696. The highest BCUT2D eigenvalue weighted by Gasteiger charge is 2.26. The molecule has 0 unspecified atom stereocenters. The standard InChI is InChI=1S/C13H20N2O2S/c1-13(2)5-3-9(4-6-13)14-7-10-8-18-11(15-10)12(16)17/h8-9,14H,3-7H2,1-2H3,(H,16,17). The normalized spacial score (nSPS) is 19.9. The van der Waals surface area contributed by atoms with Crippen molar-refractivity contribution in [1.82, 2.24) is 10.3 Å². The molecule has 4 nitrogen and oxygen atoms in total. The third-order valence-corrected chi connectivity index (χ3v) is 4.52. The Kier molecular flexibility index (Phi) is 4.02. The molecular formula is C13H20N2O2S. The van der Waals surface area contributed by atoms with Gasteiger partial charge in [-0.2, -0.15) is 0 Å². The van der Waals surface area contributed by atoms with Crippen LogP contribution in [-0.4, -0.2) is 22.1 Å². The summed E-state index contributed by atoms with van der Waals surface area (Å²) in [5.41, 5.74) is 1.32. The number of nitrogens with zero attached hydrogens (tertiary/aromatic N) is 1. The van der Waals surface area contributed by atoms with Crippen LogP contribution in [0.1, 0.15) is 55.0 Å². The molecule has 100 valence electrons. The van der Waals surface area contributed by atoms with E-state index < -0.39 is 5.97 Å². The fourth-order valence-corrected chi connectivity index (χ4v) is 2.99. The summed E-state index contributed by atoms with van der Waals surface area (Å²) >= 11 is 1.19. The molecule has 1 heterocycles. The van der Waals surface area contributed by atoms with Crippen molar-refractivity contribution in [2.45, 2.75) is 52.1 Å². The van der Waals surface area contributed by atoms with E-state index >= 15 is 0 Å². The lowest BCUT2D eigenvalue weighted by Crippen LogP contribution is -2.35. The molecule has 1 aromatic heterocycles. The van der Waals surface area contributed by atoms with Crippen molar-refractivity contribution in [2.75, 3.05) is 0 Å². The highest BCUT2D eigenvalue weighted by molar-refractivity contribution is 7.11. The van der Waals surface area contributed by atoms with Crippen LogP contribution in [0.25, 0.3) is 0 Å². The van der Waals surface area contributed by atoms with E-state index in [4.69, 9.17) is 5.11 Å². The van der Waals surface area contributed by atoms with Crippen LogP contribution in [0.2, 0.25) is 0 Å². The predicted molar refractivity (Wildman–Crippen MR) is 72.0 cm³/mol. The van der Waals surface area contributed by atoms with E-state index in [9.17, 15) is 4.79 Å². The first-order chi connectivity index (χ1) is 8.46. The minimum absolute atomic E-state index is 0.177. The fraction of sp³-hybridized carbons (Fsp3) is 0.692. The van der Waals surface area contributed by atoms with Crippen LogP contribution in [0, 0.1) is 5.41 Å². The van der Waals surface area contributed by atoms with Gasteiger partial charge in [0.05, 0.1) is 5.69 Å². The number of carboxylic acids is 1. The summed E-state index contributed by atoms with van der Waals surface area (Å²) in [5, 5.41) is 14.3. The molecule has 5 heteroatoms. The van der Waals surface area contributed by atoms with Gasteiger partial charge in [-0.05, 0) is 31.1 Å². The average molecular weight is 268 g/mol. The predicted octanol–water partition coefficient (Wildman–Crippen LogP) is 2.90. The zero-order valence-electron chi connectivity index (χ0n) is 10.9. The largest absolute Gasteiger partial charge is 0.476 e. The Hall–Kier alpha value is -0.940. The van der Waals surface area contributed by atoms with Crippen molar-refractivity contribution in [3.63, 3.8) is 0 Å². The minimum Gasteiger partial charge on any atom is -0.476 e. The maximum Gasteiger partial charge on any atom is 0.365 e. The number of hydrogen-bond donors (Lipinski definition) is 2. The Morgan fingerprint density at radius 3 is 2.78 bits per heavy atom. The molecular weight excluding hydrogens is 248 g/mol.